The number of rotatable bonds is 9. The number of hydrogen-bond donors (Lipinski definition) is 1. The lowest BCUT2D eigenvalue weighted by Crippen LogP contribution is -2.39. The average molecular weight is 560 g/mol. The van der Waals surface area contributed by atoms with Gasteiger partial charge in [0.25, 0.3) is 15.9 Å². The van der Waals surface area contributed by atoms with Gasteiger partial charge in [0.2, 0.25) is 0 Å². The molecule has 0 aromatic heterocycles. The molecule has 0 unspecified atom stereocenters. The molecular formula is C25H26BrN3O5S. The third kappa shape index (κ3) is 6.40. The van der Waals surface area contributed by atoms with Gasteiger partial charge in [0, 0.05) is 0 Å². The summed E-state index contributed by atoms with van der Waals surface area (Å²) in [5.74, 6) is 0.422. The van der Waals surface area contributed by atoms with Crippen molar-refractivity contribution in [2.75, 3.05) is 25.1 Å². The number of aryl methyl sites for hydroxylation is 2. The van der Waals surface area contributed by atoms with E-state index >= 15 is 0 Å². The average Bonchev–Trinajstić information content (AvgIpc) is 2.82. The molecule has 0 radical (unpaired) electrons. The van der Waals surface area contributed by atoms with Gasteiger partial charge in [-0.05, 0) is 77.3 Å². The first-order valence-corrected chi connectivity index (χ1v) is 12.8. The summed E-state index contributed by atoms with van der Waals surface area (Å²) in [5.41, 5.74) is 5.22. The molecule has 10 heteroatoms. The molecule has 3 rings (SSSR count). The number of methoxy groups -OCH3 is 2. The number of nitrogens with one attached hydrogen (secondary N) is 1. The molecule has 0 aliphatic carbocycles. The molecule has 0 bridgehead atoms. The summed E-state index contributed by atoms with van der Waals surface area (Å²) in [7, 11) is -0.954. The minimum atomic E-state index is -4.00. The van der Waals surface area contributed by atoms with Crippen molar-refractivity contribution in [2.24, 2.45) is 5.10 Å². The zero-order valence-electron chi connectivity index (χ0n) is 19.8. The van der Waals surface area contributed by atoms with Crippen LogP contribution in [-0.4, -0.2) is 41.3 Å². The number of hydrogen-bond acceptors (Lipinski definition) is 6. The quantitative estimate of drug-likeness (QED) is 0.309. The molecule has 0 atom stereocenters. The molecule has 0 heterocycles. The van der Waals surface area contributed by atoms with Crippen LogP contribution in [0.3, 0.4) is 0 Å². The van der Waals surface area contributed by atoms with E-state index in [1.807, 2.05) is 19.9 Å². The molecule has 3 aromatic rings. The molecule has 0 spiro atoms. The highest BCUT2D eigenvalue weighted by molar-refractivity contribution is 9.10. The maximum atomic E-state index is 13.4. The van der Waals surface area contributed by atoms with Gasteiger partial charge in [0.15, 0.2) is 11.5 Å². The minimum absolute atomic E-state index is 0.0936. The van der Waals surface area contributed by atoms with Gasteiger partial charge in [-0.3, -0.25) is 9.10 Å². The zero-order chi connectivity index (χ0) is 25.6. The molecule has 0 saturated heterocycles. The Hall–Kier alpha value is -3.37. The van der Waals surface area contributed by atoms with Crippen LogP contribution in [-0.2, 0) is 14.8 Å². The van der Waals surface area contributed by atoms with Crippen molar-refractivity contribution in [1.29, 1.82) is 0 Å². The molecule has 0 aliphatic rings. The van der Waals surface area contributed by atoms with Crippen molar-refractivity contribution in [3.8, 4) is 11.5 Å². The topological polar surface area (TPSA) is 97.3 Å². The van der Waals surface area contributed by atoms with Crippen molar-refractivity contribution in [1.82, 2.24) is 5.43 Å². The van der Waals surface area contributed by atoms with Gasteiger partial charge < -0.3 is 9.47 Å². The van der Waals surface area contributed by atoms with Crippen LogP contribution in [0.4, 0.5) is 5.69 Å². The monoisotopic (exact) mass is 559 g/mol. The number of hydrazone groups is 1. The fraction of sp³-hybridized carbons (Fsp3) is 0.200. The van der Waals surface area contributed by atoms with Gasteiger partial charge in [0.1, 0.15) is 6.54 Å². The highest BCUT2D eigenvalue weighted by Crippen LogP contribution is 2.35. The predicted molar refractivity (Wildman–Crippen MR) is 140 cm³/mol. The van der Waals surface area contributed by atoms with Crippen molar-refractivity contribution in [3.05, 3.63) is 81.8 Å². The number of amides is 1. The molecule has 8 nitrogen and oxygen atoms in total. The van der Waals surface area contributed by atoms with Crippen molar-refractivity contribution >= 4 is 43.8 Å². The maximum absolute atomic E-state index is 13.4. The first-order chi connectivity index (χ1) is 16.6. The van der Waals surface area contributed by atoms with E-state index in [2.05, 4.69) is 26.5 Å². The zero-order valence-corrected chi connectivity index (χ0v) is 22.2. The molecule has 1 N–H and O–H groups in total. The number of halogens is 1. The molecule has 0 aliphatic heterocycles. The lowest BCUT2D eigenvalue weighted by Gasteiger charge is -2.24. The van der Waals surface area contributed by atoms with Crippen LogP contribution in [0.15, 0.2) is 75.1 Å². The highest BCUT2D eigenvalue weighted by atomic mass is 79.9. The highest BCUT2D eigenvalue weighted by Gasteiger charge is 2.27. The summed E-state index contributed by atoms with van der Waals surface area (Å²) in [6.07, 6.45) is 1.43. The number of carbonyl (C=O) groups excluding carboxylic acids is 1. The number of carbonyl (C=O) groups is 1. The van der Waals surface area contributed by atoms with E-state index in [9.17, 15) is 13.2 Å². The van der Waals surface area contributed by atoms with E-state index in [4.69, 9.17) is 9.47 Å². The Labute approximate surface area is 213 Å². The Morgan fingerprint density at radius 1 is 1.03 bits per heavy atom. The minimum Gasteiger partial charge on any atom is -0.493 e. The normalized spacial score (nSPS) is 11.3. The second kappa shape index (κ2) is 11.4. The summed E-state index contributed by atoms with van der Waals surface area (Å²) in [6, 6.07) is 16.9. The van der Waals surface area contributed by atoms with Crippen LogP contribution in [0.1, 0.15) is 16.7 Å². The molecule has 184 valence electrons. The Kier molecular flexibility index (Phi) is 8.52. The Morgan fingerprint density at radius 2 is 1.74 bits per heavy atom. The Bertz CT molecular complexity index is 1340. The second-order valence-electron chi connectivity index (χ2n) is 7.70. The van der Waals surface area contributed by atoms with E-state index in [0.717, 1.165) is 15.4 Å². The third-order valence-electron chi connectivity index (χ3n) is 5.04. The lowest BCUT2D eigenvalue weighted by atomic mass is 10.2. The molecule has 0 fully saturated rings. The number of benzene rings is 3. The van der Waals surface area contributed by atoms with E-state index < -0.39 is 22.5 Å². The summed E-state index contributed by atoms with van der Waals surface area (Å²) in [5, 5.41) is 3.98. The Morgan fingerprint density at radius 3 is 2.37 bits per heavy atom. The summed E-state index contributed by atoms with van der Waals surface area (Å²) < 4.78 is 39.2. The van der Waals surface area contributed by atoms with E-state index in [-0.39, 0.29) is 4.90 Å². The molecule has 35 heavy (non-hydrogen) atoms. The van der Waals surface area contributed by atoms with Gasteiger partial charge in [-0.2, -0.15) is 5.10 Å². The van der Waals surface area contributed by atoms with Crippen LogP contribution >= 0.6 is 15.9 Å². The van der Waals surface area contributed by atoms with Gasteiger partial charge in [-0.15, -0.1) is 0 Å². The maximum Gasteiger partial charge on any atom is 0.264 e. The van der Waals surface area contributed by atoms with Crippen LogP contribution in [0.5, 0.6) is 11.5 Å². The first-order valence-electron chi connectivity index (χ1n) is 10.5. The smallest absolute Gasteiger partial charge is 0.264 e. The summed E-state index contributed by atoms with van der Waals surface area (Å²) in [6.45, 7) is 3.27. The third-order valence-corrected chi connectivity index (χ3v) is 7.42. The number of sulfonamides is 1. The van der Waals surface area contributed by atoms with Crippen LogP contribution < -0.4 is 19.2 Å². The van der Waals surface area contributed by atoms with E-state index in [0.29, 0.717) is 27.2 Å². The fourth-order valence-electron chi connectivity index (χ4n) is 3.29. The summed E-state index contributed by atoms with van der Waals surface area (Å²) >= 11 is 3.41. The van der Waals surface area contributed by atoms with Gasteiger partial charge >= 0.3 is 0 Å². The summed E-state index contributed by atoms with van der Waals surface area (Å²) in [4.78, 5) is 12.8. The van der Waals surface area contributed by atoms with Gasteiger partial charge in [0.05, 0.1) is 35.5 Å². The second-order valence-corrected chi connectivity index (χ2v) is 10.4. The van der Waals surface area contributed by atoms with Crippen LogP contribution in [0.25, 0.3) is 0 Å². The van der Waals surface area contributed by atoms with Crippen LogP contribution in [0.2, 0.25) is 0 Å². The van der Waals surface area contributed by atoms with Gasteiger partial charge in [-0.1, -0.05) is 29.8 Å². The van der Waals surface area contributed by atoms with E-state index in [1.54, 1.807) is 42.5 Å². The first kappa shape index (κ1) is 26.2. The van der Waals surface area contributed by atoms with Crippen molar-refractivity contribution < 1.29 is 22.7 Å². The lowest BCUT2D eigenvalue weighted by molar-refractivity contribution is -0.119. The molecular weight excluding hydrogens is 534 g/mol. The predicted octanol–water partition coefficient (Wildman–Crippen LogP) is 4.43. The number of ether oxygens (including phenoxy) is 2. The SMILES string of the molecule is COc1cc(/C=N/NC(=O)CN(c2cccc(C)c2)S(=O)(=O)c2ccc(C)cc2)cc(Br)c1OC. The van der Waals surface area contributed by atoms with Crippen molar-refractivity contribution in [3.63, 3.8) is 0 Å². The van der Waals surface area contributed by atoms with Crippen molar-refractivity contribution in [2.45, 2.75) is 18.7 Å². The Balaban J connectivity index is 1.84. The number of anilines is 1. The van der Waals surface area contributed by atoms with E-state index in [1.165, 1.54) is 32.6 Å². The fourth-order valence-corrected chi connectivity index (χ4v) is 5.33. The van der Waals surface area contributed by atoms with Crippen LogP contribution in [0, 0.1) is 13.8 Å². The largest absolute Gasteiger partial charge is 0.493 e. The van der Waals surface area contributed by atoms with Gasteiger partial charge in [-0.25, -0.2) is 13.8 Å². The number of nitrogens with zero attached hydrogens (tertiary/aromatic N) is 2. The standard InChI is InChI=1S/C25H26BrN3O5S/c1-17-8-10-21(11-9-17)35(31,32)29(20-7-5-6-18(2)12-20)16-24(30)28-27-15-19-13-22(26)25(34-4)23(14-19)33-3/h5-15H,16H2,1-4H3,(H,28,30)/b27-15+. The molecule has 1 amide bonds. The molecule has 0 saturated carbocycles. The molecule has 3 aromatic carbocycles.